The van der Waals surface area contributed by atoms with Crippen molar-refractivity contribution >= 4 is 17.7 Å². The van der Waals surface area contributed by atoms with Crippen LogP contribution in [0.5, 0.6) is 0 Å². The lowest BCUT2D eigenvalue weighted by atomic mass is 10.1. The number of rotatable bonds is 4. The highest BCUT2D eigenvalue weighted by Gasteiger charge is 2.41. The Balaban J connectivity index is 1.78. The number of carbonyl (C=O) groups excluding carboxylic acids is 1. The molecule has 1 N–H and O–H groups in total. The van der Waals surface area contributed by atoms with Crippen LogP contribution in [0, 0.1) is 0 Å². The van der Waals surface area contributed by atoms with Crippen molar-refractivity contribution in [1.82, 2.24) is 19.9 Å². The number of hydrogen-bond acceptors (Lipinski definition) is 5. The average Bonchev–Trinajstić information content (AvgIpc) is 3.28. The number of carbonyl (C=O) groups is 2. The first-order chi connectivity index (χ1) is 18.1. The maximum Gasteiger partial charge on any atom is 0.433 e. The number of anilines is 1. The second-order valence-electron chi connectivity index (χ2n) is 8.64. The van der Waals surface area contributed by atoms with Gasteiger partial charge in [0.1, 0.15) is 23.6 Å². The summed E-state index contributed by atoms with van der Waals surface area (Å²) in [7, 11) is 1.27. The average molecular weight is 557 g/mol. The molecule has 1 aliphatic rings. The van der Waals surface area contributed by atoms with E-state index in [0.29, 0.717) is 17.0 Å². The zero-order valence-electron chi connectivity index (χ0n) is 19.8. The molecule has 1 fully saturated rings. The highest BCUT2D eigenvalue weighted by molar-refractivity contribution is 5.99. The van der Waals surface area contributed by atoms with Gasteiger partial charge < -0.3 is 10.0 Å². The number of likely N-dealkylation sites (N-methyl/N-ethyl adjacent to an activating group) is 1. The van der Waals surface area contributed by atoms with Crippen LogP contribution in [-0.4, -0.2) is 62.8 Å². The molecule has 0 aliphatic carbocycles. The number of aromatic nitrogens is 3. The van der Waals surface area contributed by atoms with Crippen LogP contribution < -0.4 is 4.90 Å². The van der Waals surface area contributed by atoms with E-state index in [1.54, 1.807) is 0 Å². The summed E-state index contributed by atoms with van der Waals surface area (Å²) in [6.45, 7) is -0.499. The molecule has 4 heterocycles. The van der Waals surface area contributed by atoms with E-state index in [-0.39, 0.29) is 34.6 Å². The number of amides is 2. The van der Waals surface area contributed by atoms with Gasteiger partial charge in [0.25, 0.3) is 0 Å². The van der Waals surface area contributed by atoms with E-state index in [9.17, 15) is 45.4 Å². The molecule has 0 saturated carbocycles. The molecular weight excluding hydrogens is 539 g/mol. The first-order valence-electron chi connectivity index (χ1n) is 11.2. The third-order valence-corrected chi connectivity index (χ3v) is 6.01. The van der Waals surface area contributed by atoms with Crippen LogP contribution >= 0.6 is 0 Å². The summed E-state index contributed by atoms with van der Waals surface area (Å²) in [6.07, 6.45) is -11.1. The van der Waals surface area contributed by atoms with E-state index in [4.69, 9.17) is 0 Å². The van der Waals surface area contributed by atoms with Gasteiger partial charge in [0.05, 0.1) is 17.9 Å². The lowest BCUT2D eigenvalue weighted by Gasteiger charge is -2.26. The Morgan fingerprint density at radius 3 is 1.79 bits per heavy atom. The summed E-state index contributed by atoms with van der Waals surface area (Å²) < 4.78 is 91.7. The van der Waals surface area contributed by atoms with Crippen LogP contribution in [0.1, 0.15) is 17.8 Å². The zero-order valence-corrected chi connectivity index (χ0v) is 19.8. The van der Waals surface area contributed by atoms with Gasteiger partial charge >= 0.3 is 18.4 Å². The fraction of sp³-hybridized carbons (Fsp3) is 0.292. The monoisotopic (exact) mass is 557 g/mol. The zero-order chi connectivity index (χ0) is 28.7. The van der Waals surface area contributed by atoms with E-state index in [0.717, 1.165) is 29.4 Å². The molecule has 0 aromatic carbocycles. The van der Waals surface area contributed by atoms with Crippen molar-refractivity contribution in [2.75, 3.05) is 18.5 Å². The molecule has 3 aromatic rings. The largest absolute Gasteiger partial charge is 0.465 e. The van der Waals surface area contributed by atoms with Crippen LogP contribution in [0.2, 0.25) is 0 Å². The Labute approximate surface area is 215 Å². The summed E-state index contributed by atoms with van der Waals surface area (Å²) in [4.78, 5) is 37.4. The van der Waals surface area contributed by atoms with Crippen molar-refractivity contribution in [1.29, 1.82) is 0 Å². The fourth-order valence-electron chi connectivity index (χ4n) is 4.01. The molecule has 2 amide bonds. The highest BCUT2D eigenvalue weighted by atomic mass is 19.4. The van der Waals surface area contributed by atoms with E-state index in [1.165, 1.54) is 19.2 Å². The van der Waals surface area contributed by atoms with Gasteiger partial charge in [0.2, 0.25) is 5.91 Å². The molecule has 39 heavy (non-hydrogen) atoms. The van der Waals surface area contributed by atoms with Gasteiger partial charge in [-0.05, 0) is 36.4 Å². The molecule has 206 valence electrons. The van der Waals surface area contributed by atoms with E-state index < -0.39 is 54.5 Å². The Morgan fingerprint density at radius 1 is 0.923 bits per heavy atom. The molecule has 0 radical (unpaired) electrons. The van der Waals surface area contributed by atoms with Crippen molar-refractivity contribution in [3.8, 4) is 22.5 Å². The molecule has 0 unspecified atom stereocenters. The van der Waals surface area contributed by atoms with Crippen LogP contribution in [-0.2, 0) is 17.1 Å². The standard InChI is InChI=1S/C24H18F7N5O3/c1-35(21(37)18-6-14(25)11-36(18)22(38)39)15-7-16(12-2-4-19(32-9-12)23(26,27)28)34-17(8-15)13-3-5-20(33-10-13)24(29,30)31/h2-5,7-10,14,18H,6,11H2,1H3,(H,38,39)/t14-,18+/m1/s1. The fourth-order valence-corrected chi connectivity index (χ4v) is 4.01. The second-order valence-corrected chi connectivity index (χ2v) is 8.64. The highest BCUT2D eigenvalue weighted by Crippen LogP contribution is 2.34. The van der Waals surface area contributed by atoms with E-state index in [1.807, 2.05) is 0 Å². The van der Waals surface area contributed by atoms with Crippen molar-refractivity contribution in [2.24, 2.45) is 0 Å². The molecule has 4 rings (SSSR count). The maximum absolute atomic E-state index is 14.0. The number of pyridine rings is 3. The first-order valence-corrected chi connectivity index (χ1v) is 11.2. The SMILES string of the molecule is CN(C(=O)[C@@H]1C[C@@H](F)CN1C(=O)O)c1cc(-c2ccc(C(F)(F)F)nc2)nc(-c2ccc(C(F)(F)F)nc2)c1. The predicted octanol–water partition coefficient (Wildman–Crippen LogP) is 5.30. The Morgan fingerprint density at radius 2 is 1.41 bits per heavy atom. The number of hydrogen-bond donors (Lipinski definition) is 1. The van der Waals surface area contributed by atoms with Gasteiger partial charge in [-0.2, -0.15) is 26.3 Å². The minimum Gasteiger partial charge on any atom is -0.465 e. The molecule has 3 aromatic heterocycles. The summed E-state index contributed by atoms with van der Waals surface area (Å²) in [6, 6.07) is 4.84. The van der Waals surface area contributed by atoms with E-state index in [2.05, 4.69) is 15.0 Å². The summed E-state index contributed by atoms with van der Waals surface area (Å²) in [5, 5.41) is 9.35. The normalized spacial score (nSPS) is 17.8. The third-order valence-electron chi connectivity index (χ3n) is 6.01. The van der Waals surface area contributed by atoms with Crippen molar-refractivity contribution < 1.29 is 45.4 Å². The van der Waals surface area contributed by atoms with Gasteiger partial charge in [0, 0.05) is 42.7 Å². The minimum absolute atomic E-state index is 0.00755. The second kappa shape index (κ2) is 10.1. The summed E-state index contributed by atoms with van der Waals surface area (Å²) in [5.41, 5.74) is -2.09. The maximum atomic E-state index is 14.0. The number of carboxylic acid groups (broad SMARTS) is 1. The van der Waals surface area contributed by atoms with Gasteiger partial charge in [0.15, 0.2) is 0 Å². The Hall–Kier alpha value is -4.30. The molecule has 15 heteroatoms. The van der Waals surface area contributed by atoms with Gasteiger partial charge in [-0.3, -0.25) is 19.7 Å². The van der Waals surface area contributed by atoms with Crippen LogP contribution in [0.3, 0.4) is 0 Å². The smallest absolute Gasteiger partial charge is 0.433 e. The van der Waals surface area contributed by atoms with Crippen LogP contribution in [0.25, 0.3) is 22.5 Å². The lowest BCUT2D eigenvalue weighted by molar-refractivity contribution is -0.141. The number of likely N-dealkylation sites (tertiary alicyclic amines) is 1. The van der Waals surface area contributed by atoms with Crippen molar-refractivity contribution in [2.45, 2.75) is 31.0 Å². The topological polar surface area (TPSA) is 99.5 Å². The van der Waals surface area contributed by atoms with Gasteiger partial charge in [-0.25, -0.2) is 14.2 Å². The molecule has 0 spiro atoms. The summed E-state index contributed by atoms with van der Waals surface area (Å²) >= 11 is 0. The third kappa shape index (κ3) is 5.91. The number of halogens is 7. The number of nitrogens with zero attached hydrogens (tertiary/aromatic N) is 5. The Bertz CT molecular complexity index is 1300. The quantitative estimate of drug-likeness (QED) is 0.438. The number of alkyl halides is 7. The molecule has 1 aliphatic heterocycles. The molecule has 2 atom stereocenters. The first kappa shape index (κ1) is 27.7. The molecule has 8 nitrogen and oxygen atoms in total. The van der Waals surface area contributed by atoms with Crippen molar-refractivity contribution in [3.05, 3.63) is 60.2 Å². The molecule has 1 saturated heterocycles. The molecular formula is C24H18F7N5O3. The predicted molar refractivity (Wildman–Crippen MR) is 122 cm³/mol. The Kier molecular flexibility index (Phi) is 7.19. The summed E-state index contributed by atoms with van der Waals surface area (Å²) in [5.74, 6) is -0.795. The van der Waals surface area contributed by atoms with Crippen molar-refractivity contribution in [3.63, 3.8) is 0 Å². The lowest BCUT2D eigenvalue weighted by Crippen LogP contribution is -2.46. The minimum atomic E-state index is -4.71. The van der Waals surface area contributed by atoms with Gasteiger partial charge in [-0.1, -0.05) is 0 Å². The van der Waals surface area contributed by atoms with E-state index >= 15 is 0 Å². The van der Waals surface area contributed by atoms with Crippen LogP contribution in [0.4, 0.5) is 41.2 Å². The van der Waals surface area contributed by atoms with Crippen LogP contribution in [0.15, 0.2) is 48.8 Å². The molecule has 0 bridgehead atoms. The van der Waals surface area contributed by atoms with Gasteiger partial charge in [-0.15, -0.1) is 0 Å².